The van der Waals surface area contributed by atoms with Crippen molar-refractivity contribution in [2.75, 3.05) is 44.6 Å². The van der Waals surface area contributed by atoms with Crippen LogP contribution in [0.4, 0.5) is 5.69 Å². The van der Waals surface area contributed by atoms with E-state index in [2.05, 4.69) is 40.0 Å². The van der Waals surface area contributed by atoms with Crippen molar-refractivity contribution in [2.45, 2.75) is 26.8 Å². The molecule has 0 aromatic carbocycles. The third kappa shape index (κ3) is 4.48. The molecule has 0 atom stereocenters. The van der Waals surface area contributed by atoms with Crippen molar-refractivity contribution in [3.8, 4) is 0 Å². The molecular formula is C15H26N4. The highest BCUT2D eigenvalue weighted by atomic mass is 15.3. The van der Waals surface area contributed by atoms with E-state index in [1.54, 1.807) is 0 Å². The van der Waals surface area contributed by atoms with Crippen LogP contribution in [0.5, 0.6) is 0 Å². The average Bonchev–Trinajstić information content (AvgIpc) is 2.42. The predicted octanol–water partition coefficient (Wildman–Crippen LogP) is 2.04. The Morgan fingerprint density at radius 3 is 2.58 bits per heavy atom. The number of hydrogen-bond donors (Lipinski definition) is 1. The van der Waals surface area contributed by atoms with Gasteiger partial charge in [0.25, 0.3) is 0 Å². The van der Waals surface area contributed by atoms with E-state index in [0.717, 1.165) is 26.2 Å². The molecule has 0 spiro atoms. The first-order valence-corrected chi connectivity index (χ1v) is 7.45. The van der Waals surface area contributed by atoms with Gasteiger partial charge >= 0.3 is 0 Å². The summed E-state index contributed by atoms with van der Waals surface area (Å²) in [5.74, 6) is 0. The van der Waals surface area contributed by atoms with Gasteiger partial charge in [-0.2, -0.15) is 0 Å². The van der Waals surface area contributed by atoms with Crippen LogP contribution in [0.25, 0.3) is 0 Å². The van der Waals surface area contributed by atoms with Crippen LogP contribution in [-0.2, 0) is 6.54 Å². The Hall–Kier alpha value is -1.13. The minimum Gasteiger partial charge on any atom is -0.385 e. The van der Waals surface area contributed by atoms with Gasteiger partial charge in [-0.1, -0.05) is 6.92 Å². The molecule has 0 bridgehead atoms. The smallest absolute Gasteiger partial charge is 0.0564 e. The molecule has 1 N–H and O–H groups in total. The molecule has 0 radical (unpaired) electrons. The molecule has 106 valence electrons. The Balaban J connectivity index is 1.83. The molecule has 2 rings (SSSR count). The summed E-state index contributed by atoms with van der Waals surface area (Å²) in [6.45, 7) is 12.2. The number of hydrogen-bond acceptors (Lipinski definition) is 4. The fraction of sp³-hybridized carbons (Fsp3) is 0.667. The van der Waals surface area contributed by atoms with Crippen molar-refractivity contribution in [1.29, 1.82) is 0 Å². The molecule has 1 aromatic rings. The lowest BCUT2D eigenvalue weighted by molar-refractivity contribution is 0.126. The van der Waals surface area contributed by atoms with E-state index in [1.807, 2.05) is 12.3 Å². The summed E-state index contributed by atoms with van der Waals surface area (Å²) < 4.78 is 0. The molecule has 2 heterocycles. The molecule has 1 saturated heterocycles. The maximum Gasteiger partial charge on any atom is 0.0564 e. The average molecular weight is 262 g/mol. The molecule has 4 nitrogen and oxygen atoms in total. The standard InChI is InChI=1S/C15H26N4/c1-3-7-18-8-10-19(11-9-18)13-15-12-14(16-4-2)5-6-17-15/h5-6,12H,3-4,7-11,13H2,1-2H3,(H,16,17). The van der Waals surface area contributed by atoms with Crippen molar-refractivity contribution in [2.24, 2.45) is 0 Å². The Morgan fingerprint density at radius 1 is 1.16 bits per heavy atom. The molecule has 0 unspecified atom stereocenters. The molecule has 1 aromatic heterocycles. The summed E-state index contributed by atoms with van der Waals surface area (Å²) in [5.41, 5.74) is 2.35. The number of anilines is 1. The van der Waals surface area contributed by atoms with Crippen molar-refractivity contribution in [1.82, 2.24) is 14.8 Å². The zero-order chi connectivity index (χ0) is 13.5. The van der Waals surface area contributed by atoms with Gasteiger partial charge in [-0.25, -0.2) is 0 Å². The highest BCUT2D eigenvalue weighted by molar-refractivity contribution is 5.42. The Bertz CT molecular complexity index is 372. The molecule has 1 aliphatic heterocycles. The minimum absolute atomic E-state index is 0.957. The number of piperazine rings is 1. The van der Waals surface area contributed by atoms with Gasteiger partial charge < -0.3 is 10.2 Å². The topological polar surface area (TPSA) is 31.4 Å². The van der Waals surface area contributed by atoms with E-state index in [4.69, 9.17) is 0 Å². The number of pyridine rings is 1. The van der Waals surface area contributed by atoms with Gasteiger partial charge in [0.1, 0.15) is 0 Å². The van der Waals surface area contributed by atoms with Crippen LogP contribution in [0.2, 0.25) is 0 Å². The Labute approximate surface area is 116 Å². The van der Waals surface area contributed by atoms with Crippen LogP contribution in [0.3, 0.4) is 0 Å². The maximum atomic E-state index is 4.48. The molecule has 19 heavy (non-hydrogen) atoms. The third-order valence-corrected chi connectivity index (χ3v) is 3.59. The van der Waals surface area contributed by atoms with E-state index in [1.165, 1.54) is 37.4 Å². The van der Waals surface area contributed by atoms with Crippen molar-refractivity contribution in [3.63, 3.8) is 0 Å². The fourth-order valence-electron chi connectivity index (χ4n) is 2.60. The lowest BCUT2D eigenvalue weighted by Gasteiger charge is -2.34. The van der Waals surface area contributed by atoms with Crippen LogP contribution >= 0.6 is 0 Å². The Morgan fingerprint density at radius 2 is 1.89 bits per heavy atom. The first kappa shape index (κ1) is 14.3. The second-order valence-electron chi connectivity index (χ2n) is 5.18. The lowest BCUT2D eigenvalue weighted by atomic mass is 10.2. The van der Waals surface area contributed by atoms with Gasteiger partial charge in [-0.3, -0.25) is 9.88 Å². The zero-order valence-electron chi connectivity index (χ0n) is 12.2. The first-order valence-electron chi connectivity index (χ1n) is 7.45. The summed E-state index contributed by atoms with van der Waals surface area (Å²) in [6, 6.07) is 4.20. The fourth-order valence-corrected chi connectivity index (χ4v) is 2.60. The lowest BCUT2D eigenvalue weighted by Crippen LogP contribution is -2.46. The SMILES string of the molecule is CCCN1CCN(Cc2cc(NCC)ccn2)CC1. The monoisotopic (exact) mass is 262 g/mol. The second kappa shape index (κ2) is 7.46. The van der Waals surface area contributed by atoms with Crippen molar-refractivity contribution in [3.05, 3.63) is 24.0 Å². The highest BCUT2D eigenvalue weighted by Crippen LogP contribution is 2.11. The van der Waals surface area contributed by atoms with Gasteiger partial charge in [0.2, 0.25) is 0 Å². The summed E-state index contributed by atoms with van der Waals surface area (Å²) in [7, 11) is 0. The van der Waals surface area contributed by atoms with Gasteiger partial charge in [0.05, 0.1) is 5.69 Å². The van der Waals surface area contributed by atoms with Gasteiger partial charge in [-0.15, -0.1) is 0 Å². The number of nitrogens with one attached hydrogen (secondary N) is 1. The molecule has 0 amide bonds. The van der Waals surface area contributed by atoms with Crippen molar-refractivity contribution < 1.29 is 0 Å². The molecule has 1 fully saturated rings. The minimum atomic E-state index is 0.957. The zero-order valence-corrected chi connectivity index (χ0v) is 12.2. The summed E-state index contributed by atoms with van der Waals surface area (Å²) >= 11 is 0. The van der Waals surface area contributed by atoms with Gasteiger partial charge in [0, 0.05) is 51.2 Å². The molecule has 4 heteroatoms. The Kier molecular flexibility index (Phi) is 5.61. The molecule has 1 aliphatic rings. The van der Waals surface area contributed by atoms with Crippen LogP contribution in [0, 0.1) is 0 Å². The number of rotatable bonds is 6. The van der Waals surface area contributed by atoms with Crippen LogP contribution in [0.15, 0.2) is 18.3 Å². The van der Waals surface area contributed by atoms with E-state index in [9.17, 15) is 0 Å². The summed E-state index contributed by atoms with van der Waals surface area (Å²) in [4.78, 5) is 9.53. The number of nitrogens with zero attached hydrogens (tertiary/aromatic N) is 3. The second-order valence-corrected chi connectivity index (χ2v) is 5.18. The maximum absolute atomic E-state index is 4.48. The van der Waals surface area contributed by atoms with Crippen LogP contribution in [0.1, 0.15) is 26.0 Å². The quantitative estimate of drug-likeness (QED) is 0.850. The highest BCUT2D eigenvalue weighted by Gasteiger charge is 2.16. The van der Waals surface area contributed by atoms with Crippen LogP contribution < -0.4 is 5.32 Å². The largest absolute Gasteiger partial charge is 0.385 e. The van der Waals surface area contributed by atoms with Gasteiger partial charge in [0.15, 0.2) is 0 Å². The summed E-state index contributed by atoms with van der Waals surface area (Å²) in [6.07, 6.45) is 3.16. The summed E-state index contributed by atoms with van der Waals surface area (Å²) in [5, 5.41) is 3.34. The number of aromatic nitrogens is 1. The van der Waals surface area contributed by atoms with Crippen molar-refractivity contribution >= 4 is 5.69 Å². The predicted molar refractivity (Wildman–Crippen MR) is 80.4 cm³/mol. The molecule has 0 saturated carbocycles. The van der Waals surface area contributed by atoms with E-state index < -0.39 is 0 Å². The van der Waals surface area contributed by atoms with Crippen LogP contribution in [-0.4, -0.2) is 54.1 Å². The van der Waals surface area contributed by atoms with Gasteiger partial charge in [-0.05, 0) is 32.0 Å². The first-order chi connectivity index (χ1) is 9.31. The molecule has 0 aliphatic carbocycles. The third-order valence-electron chi connectivity index (χ3n) is 3.59. The van der Waals surface area contributed by atoms with E-state index in [-0.39, 0.29) is 0 Å². The van der Waals surface area contributed by atoms with E-state index >= 15 is 0 Å². The van der Waals surface area contributed by atoms with E-state index in [0.29, 0.717) is 0 Å². The normalized spacial score (nSPS) is 17.6. The molecular weight excluding hydrogens is 236 g/mol.